The van der Waals surface area contributed by atoms with Gasteiger partial charge in [0.2, 0.25) is 5.91 Å². The fourth-order valence-corrected chi connectivity index (χ4v) is 1.74. The van der Waals surface area contributed by atoms with E-state index in [0.717, 1.165) is 5.56 Å². The molecule has 6 heteroatoms. The Hall–Kier alpha value is -1.92. The molecule has 0 spiro atoms. The second-order valence-electron chi connectivity index (χ2n) is 4.29. The van der Waals surface area contributed by atoms with Crippen molar-refractivity contribution in [1.82, 2.24) is 15.6 Å². The highest BCUT2D eigenvalue weighted by Gasteiger charge is 2.11. The van der Waals surface area contributed by atoms with Gasteiger partial charge in [0, 0.05) is 32.1 Å². The zero-order chi connectivity index (χ0) is 14.3. The van der Waals surface area contributed by atoms with Gasteiger partial charge < -0.3 is 10.2 Å². The second kappa shape index (κ2) is 7.50. The van der Waals surface area contributed by atoms with E-state index >= 15 is 0 Å². The zero-order valence-electron chi connectivity index (χ0n) is 11.3. The van der Waals surface area contributed by atoms with Gasteiger partial charge in [0.05, 0.1) is 0 Å². The molecule has 1 rings (SSSR count). The summed E-state index contributed by atoms with van der Waals surface area (Å²) in [7, 11) is 3.52. The summed E-state index contributed by atoms with van der Waals surface area (Å²) in [5.41, 5.74) is 3.56. The average Bonchev–Trinajstić information content (AvgIpc) is 2.44. The van der Waals surface area contributed by atoms with Crippen molar-refractivity contribution in [1.29, 1.82) is 0 Å². The number of amides is 2. The Morgan fingerprint density at radius 1 is 1.32 bits per heavy atom. The Kier molecular flexibility index (Phi) is 5.98. The number of nitrogens with one attached hydrogen (secondary N) is 2. The lowest BCUT2D eigenvalue weighted by Gasteiger charge is -2.18. The van der Waals surface area contributed by atoms with Crippen LogP contribution in [-0.4, -0.2) is 37.4 Å². The summed E-state index contributed by atoms with van der Waals surface area (Å²) in [6, 6.07) is 7.26. The van der Waals surface area contributed by atoms with Crippen molar-refractivity contribution >= 4 is 11.8 Å². The van der Waals surface area contributed by atoms with Crippen LogP contribution in [-0.2, 0) is 11.3 Å². The number of carbonyl (C=O) groups is 2. The van der Waals surface area contributed by atoms with E-state index in [9.17, 15) is 9.59 Å². The van der Waals surface area contributed by atoms with Crippen LogP contribution in [0.2, 0.25) is 0 Å². The Labute approximate surface area is 112 Å². The number of nitrogen functional groups attached to an aromatic ring is 1. The standard InChI is InChI=1S/C13H20N4O2/c1-15-12(18)7-8-17(2)9-10-5-3-4-6-11(10)13(19)16-14/h3-6H,7-9,14H2,1-2H3,(H,15,18)(H,16,19). The predicted molar refractivity (Wildman–Crippen MR) is 73.1 cm³/mol. The Morgan fingerprint density at radius 2 is 2.00 bits per heavy atom. The number of hydrogen-bond donors (Lipinski definition) is 3. The summed E-state index contributed by atoms with van der Waals surface area (Å²) in [6.07, 6.45) is 0.429. The van der Waals surface area contributed by atoms with Gasteiger partial charge >= 0.3 is 0 Å². The van der Waals surface area contributed by atoms with E-state index in [1.54, 1.807) is 19.2 Å². The van der Waals surface area contributed by atoms with Crippen LogP contribution >= 0.6 is 0 Å². The first kappa shape index (κ1) is 15.1. The van der Waals surface area contributed by atoms with Crippen molar-refractivity contribution < 1.29 is 9.59 Å². The van der Waals surface area contributed by atoms with Crippen LogP contribution in [0.3, 0.4) is 0 Å². The van der Waals surface area contributed by atoms with E-state index < -0.39 is 0 Å². The number of nitrogens with two attached hydrogens (primary N) is 1. The number of hydrogen-bond acceptors (Lipinski definition) is 4. The smallest absolute Gasteiger partial charge is 0.265 e. The molecule has 0 radical (unpaired) electrons. The molecule has 0 aliphatic carbocycles. The maximum Gasteiger partial charge on any atom is 0.265 e. The molecule has 19 heavy (non-hydrogen) atoms. The van der Waals surface area contributed by atoms with Crippen molar-refractivity contribution in [2.24, 2.45) is 5.84 Å². The molecule has 0 heterocycles. The predicted octanol–water partition coefficient (Wildman–Crippen LogP) is -0.142. The molecule has 0 saturated carbocycles. The van der Waals surface area contributed by atoms with E-state index in [-0.39, 0.29) is 11.8 Å². The molecule has 1 aromatic carbocycles. The normalized spacial score (nSPS) is 10.3. The maximum absolute atomic E-state index is 11.6. The van der Waals surface area contributed by atoms with Gasteiger partial charge in [-0.25, -0.2) is 5.84 Å². The van der Waals surface area contributed by atoms with Gasteiger partial charge in [0.15, 0.2) is 0 Å². The fraction of sp³-hybridized carbons (Fsp3) is 0.385. The van der Waals surface area contributed by atoms with Crippen LogP contribution in [0.1, 0.15) is 22.3 Å². The van der Waals surface area contributed by atoms with Crippen LogP contribution in [0.15, 0.2) is 24.3 Å². The first-order valence-corrected chi connectivity index (χ1v) is 6.06. The molecule has 0 aliphatic rings. The van der Waals surface area contributed by atoms with E-state index in [2.05, 4.69) is 10.7 Å². The lowest BCUT2D eigenvalue weighted by atomic mass is 10.1. The monoisotopic (exact) mass is 264 g/mol. The third-order valence-corrected chi connectivity index (χ3v) is 2.83. The van der Waals surface area contributed by atoms with E-state index in [4.69, 9.17) is 5.84 Å². The molecule has 0 fully saturated rings. The Bertz CT molecular complexity index is 448. The van der Waals surface area contributed by atoms with Crippen molar-refractivity contribution in [3.05, 3.63) is 35.4 Å². The lowest BCUT2D eigenvalue weighted by molar-refractivity contribution is -0.120. The van der Waals surface area contributed by atoms with Gasteiger partial charge in [-0.3, -0.25) is 15.0 Å². The number of benzene rings is 1. The molecule has 6 nitrogen and oxygen atoms in total. The summed E-state index contributed by atoms with van der Waals surface area (Å²) in [5.74, 6) is 4.84. The maximum atomic E-state index is 11.6. The van der Waals surface area contributed by atoms with Gasteiger partial charge in [-0.15, -0.1) is 0 Å². The molecule has 104 valence electrons. The van der Waals surface area contributed by atoms with Crippen LogP contribution < -0.4 is 16.6 Å². The van der Waals surface area contributed by atoms with Crippen molar-refractivity contribution in [3.8, 4) is 0 Å². The molecule has 0 saturated heterocycles. The highest BCUT2D eigenvalue weighted by atomic mass is 16.2. The van der Waals surface area contributed by atoms with Crippen LogP contribution in [0.5, 0.6) is 0 Å². The molecular weight excluding hydrogens is 244 g/mol. The Morgan fingerprint density at radius 3 is 2.63 bits per heavy atom. The third kappa shape index (κ3) is 4.69. The lowest BCUT2D eigenvalue weighted by Crippen LogP contribution is -2.32. The third-order valence-electron chi connectivity index (χ3n) is 2.83. The minimum absolute atomic E-state index is 0.000151. The largest absolute Gasteiger partial charge is 0.359 e. The second-order valence-corrected chi connectivity index (χ2v) is 4.29. The molecule has 0 atom stereocenters. The first-order valence-electron chi connectivity index (χ1n) is 6.06. The van der Waals surface area contributed by atoms with Crippen LogP contribution in [0, 0.1) is 0 Å². The minimum atomic E-state index is -0.310. The van der Waals surface area contributed by atoms with E-state index in [1.165, 1.54) is 0 Å². The molecule has 0 aliphatic heterocycles. The van der Waals surface area contributed by atoms with E-state index in [0.29, 0.717) is 25.1 Å². The molecule has 0 bridgehead atoms. The minimum Gasteiger partial charge on any atom is -0.359 e. The molecule has 0 aromatic heterocycles. The molecule has 4 N–H and O–H groups in total. The van der Waals surface area contributed by atoms with Gasteiger partial charge in [-0.1, -0.05) is 18.2 Å². The zero-order valence-corrected chi connectivity index (χ0v) is 11.3. The van der Waals surface area contributed by atoms with E-state index in [1.807, 2.05) is 24.1 Å². The quantitative estimate of drug-likeness (QED) is 0.379. The number of nitrogens with zero attached hydrogens (tertiary/aromatic N) is 1. The SMILES string of the molecule is CNC(=O)CCN(C)Cc1ccccc1C(=O)NN. The van der Waals surface area contributed by atoms with Crippen molar-refractivity contribution in [2.75, 3.05) is 20.6 Å². The first-order chi connectivity index (χ1) is 9.08. The van der Waals surface area contributed by atoms with Gasteiger partial charge in [0.1, 0.15) is 0 Å². The summed E-state index contributed by atoms with van der Waals surface area (Å²) < 4.78 is 0. The van der Waals surface area contributed by atoms with Gasteiger partial charge in [-0.05, 0) is 18.7 Å². The summed E-state index contributed by atoms with van der Waals surface area (Å²) in [5, 5.41) is 2.58. The topological polar surface area (TPSA) is 87.5 Å². The summed E-state index contributed by atoms with van der Waals surface area (Å²) in [6.45, 7) is 1.21. The highest BCUT2D eigenvalue weighted by molar-refractivity contribution is 5.95. The van der Waals surface area contributed by atoms with Crippen molar-refractivity contribution in [2.45, 2.75) is 13.0 Å². The highest BCUT2D eigenvalue weighted by Crippen LogP contribution is 2.11. The fourth-order valence-electron chi connectivity index (χ4n) is 1.74. The van der Waals surface area contributed by atoms with Gasteiger partial charge in [-0.2, -0.15) is 0 Å². The Balaban J connectivity index is 2.66. The molecule has 2 amide bonds. The van der Waals surface area contributed by atoms with Crippen LogP contribution in [0.4, 0.5) is 0 Å². The number of hydrazine groups is 1. The van der Waals surface area contributed by atoms with Crippen LogP contribution in [0.25, 0.3) is 0 Å². The molecule has 1 aromatic rings. The molecule has 0 unspecified atom stereocenters. The summed E-state index contributed by atoms with van der Waals surface area (Å²) >= 11 is 0. The number of rotatable bonds is 6. The van der Waals surface area contributed by atoms with Crippen molar-refractivity contribution in [3.63, 3.8) is 0 Å². The number of carbonyl (C=O) groups excluding carboxylic acids is 2. The molecular formula is C13H20N4O2. The summed E-state index contributed by atoms with van der Waals surface area (Å²) in [4.78, 5) is 24.8. The average molecular weight is 264 g/mol. The van der Waals surface area contributed by atoms with Gasteiger partial charge in [0.25, 0.3) is 5.91 Å².